The van der Waals surface area contributed by atoms with Gasteiger partial charge in [0.1, 0.15) is 11.5 Å². The Bertz CT molecular complexity index is 1250. The largest absolute Gasteiger partial charge is 0.362 e. The van der Waals surface area contributed by atoms with Crippen LogP contribution in [-0.2, 0) is 12.8 Å². The van der Waals surface area contributed by atoms with Gasteiger partial charge < -0.3 is 9.80 Å². The van der Waals surface area contributed by atoms with Gasteiger partial charge in [-0.2, -0.15) is 5.10 Å². The lowest BCUT2D eigenvalue weighted by atomic mass is 9.95. The van der Waals surface area contributed by atoms with E-state index in [1.807, 2.05) is 4.90 Å². The number of hydrogen-bond donors (Lipinski definition) is 0. The Hall–Kier alpha value is -3.46. The van der Waals surface area contributed by atoms with Gasteiger partial charge in [-0.05, 0) is 62.1 Å². The van der Waals surface area contributed by atoms with Crippen molar-refractivity contribution in [1.82, 2.24) is 14.7 Å². The number of aromatic nitrogens is 2. The lowest BCUT2D eigenvalue weighted by Gasteiger charge is -2.35. The minimum absolute atomic E-state index is 0.0422. The van der Waals surface area contributed by atoms with E-state index in [0.29, 0.717) is 42.6 Å². The number of carbonyl (C=O) groups excluding carboxylic acids is 1. The molecule has 2 heterocycles. The fraction of sp³-hybridized carbons (Fsp3) is 0.333. The zero-order valence-electron chi connectivity index (χ0n) is 18.4. The van der Waals surface area contributed by atoms with Crippen molar-refractivity contribution in [2.75, 3.05) is 31.1 Å². The number of nitro benzene ring substituents is 1. The molecule has 1 aliphatic heterocycles. The van der Waals surface area contributed by atoms with Crippen molar-refractivity contribution in [1.29, 1.82) is 0 Å². The average molecular weight is 484 g/mol. The van der Waals surface area contributed by atoms with Gasteiger partial charge >= 0.3 is 0 Å². The van der Waals surface area contributed by atoms with Crippen molar-refractivity contribution in [2.45, 2.75) is 25.7 Å². The molecule has 1 fully saturated rings. The number of anilines is 1. The summed E-state index contributed by atoms with van der Waals surface area (Å²) < 4.78 is 15.2. The summed E-state index contributed by atoms with van der Waals surface area (Å²) in [7, 11) is 0. The number of nitro groups is 1. The number of amides is 1. The van der Waals surface area contributed by atoms with Gasteiger partial charge in [0, 0.05) is 48.5 Å². The highest BCUT2D eigenvalue weighted by atomic mass is 35.5. The summed E-state index contributed by atoms with van der Waals surface area (Å²) in [6.45, 7) is 1.79. The number of halogens is 2. The molecule has 0 spiro atoms. The molecular formula is C24H23ClFN5O3. The van der Waals surface area contributed by atoms with Crippen LogP contribution in [0.15, 0.2) is 42.5 Å². The third-order valence-electron chi connectivity index (χ3n) is 6.50. The molecule has 2 aliphatic rings. The van der Waals surface area contributed by atoms with Crippen LogP contribution in [0.4, 0.5) is 15.8 Å². The Balaban J connectivity index is 1.37. The fourth-order valence-electron chi connectivity index (χ4n) is 4.78. The quantitative estimate of drug-likeness (QED) is 0.405. The second-order valence-electron chi connectivity index (χ2n) is 8.54. The Morgan fingerprint density at radius 3 is 2.44 bits per heavy atom. The zero-order valence-corrected chi connectivity index (χ0v) is 19.2. The molecule has 3 aromatic rings. The van der Waals surface area contributed by atoms with Crippen molar-refractivity contribution in [2.24, 2.45) is 0 Å². The van der Waals surface area contributed by atoms with Crippen LogP contribution < -0.4 is 4.90 Å². The lowest BCUT2D eigenvalue weighted by molar-refractivity contribution is -0.384. The van der Waals surface area contributed by atoms with Gasteiger partial charge in [-0.3, -0.25) is 14.9 Å². The highest BCUT2D eigenvalue weighted by Gasteiger charge is 2.31. The minimum atomic E-state index is -0.437. The summed E-state index contributed by atoms with van der Waals surface area (Å²) in [5, 5.41) is 16.5. The van der Waals surface area contributed by atoms with Crippen molar-refractivity contribution in [3.63, 3.8) is 0 Å². The molecule has 8 nitrogen and oxygen atoms in total. The summed E-state index contributed by atoms with van der Waals surface area (Å²) in [5.41, 5.74) is 3.62. The highest BCUT2D eigenvalue weighted by molar-refractivity contribution is 6.30. The van der Waals surface area contributed by atoms with Gasteiger partial charge in [0.25, 0.3) is 11.6 Å². The Morgan fingerprint density at radius 2 is 1.74 bits per heavy atom. The van der Waals surface area contributed by atoms with Gasteiger partial charge in [0.2, 0.25) is 0 Å². The Labute approximate surface area is 200 Å². The predicted molar refractivity (Wildman–Crippen MR) is 126 cm³/mol. The molecule has 0 unspecified atom stereocenters. The molecule has 10 heteroatoms. The van der Waals surface area contributed by atoms with Crippen LogP contribution in [0.1, 0.15) is 34.6 Å². The Kier molecular flexibility index (Phi) is 5.95. The second-order valence-corrected chi connectivity index (χ2v) is 8.98. The molecule has 176 valence electrons. The second kappa shape index (κ2) is 9.06. The van der Waals surface area contributed by atoms with E-state index in [-0.39, 0.29) is 17.4 Å². The monoisotopic (exact) mass is 483 g/mol. The SMILES string of the molecule is O=C(c1nn(-c2ccc(F)cc2)c2c1CCCC2)N1CCN(c2ccc(Cl)cc2[N+](=O)[O-])CC1. The molecule has 0 N–H and O–H groups in total. The molecule has 0 radical (unpaired) electrons. The van der Waals surface area contributed by atoms with Crippen molar-refractivity contribution >= 4 is 28.9 Å². The first-order valence-electron chi connectivity index (χ1n) is 11.3. The van der Waals surface area contributed by atoms with Crippen molar-refractivity contribution < 1.29 is 14.1 Å². The van der Waals surface area contributed by atoms with Crippen molar-refractivity contribution in [3.05, 3.63) is 80.4 Å². The third kappa shape index (κ3) is 4.11. The summed E-state index contributed by atoms with van der Waals surface area (Å²) in [5.74, 6) is -0.455. The van der Waals surface area contributed by atoms with E-state index in [1.165, 1.54) is 18.2 Å². The predicted octanol–water partition coefficient (Wildman–Crippen LogP) is 4.41. The average Bonchev–Trinajstić information content (AvgIpc) is 3.24. The zero-order chi connectivity index (χ0) is 23.8. The molecular weight excluding hydrogens is 461 g/mol. The van der Waals surface area contributed by atoms with Crippen molar-refractivity contribution in [3.8, 4) is 5.69 Å². The molecule has 0 bridgehead atoms. The van der Waals surface area contributed by atoms with E-state index in [4.69, 9.17) is 11.6 Å². The first kappa shape index (κ1) is 22.3. The van der Waals surface area contributed by atoms with Gasteiger partial charge in [0.15, 0.2) is 5.69 Å². The van der Waals surface area contributed by atoms with E-state index in [9.17, 15) is 19.3 Å². The first-order valence-corrected chi connectivity index (χ1v) is 11.6. The van der Waals surface area contributed by atoms with Gasteiger partial charge in [-0.15, -0.1) is 0 Å². The van der Waals surface area contributed by atoms with E-state index in [0.717, 1.165) is 42.6 Å². The van der Waals surface area contributed by atoms with Gasteiger partial charge in [-0.1, -0.05) is 11.6 Å². The molecule has 0 saturated carbocycles. The maximum Gasteiger partial charge on any atom is 0.294 e. The topological polar surface area (TPSA) is 84.5 Å². The number of nitrogens with zero attached hydrogens (tertiary/aromatic N) is 5. The van der Waals surface area contributed by atoms with Crippen LogP contribution in [0.3, 0.4) is 0 Å². The maximum absolute atomic E-state index is 13.5. The standard InChI is InChI=1S/C24H23ClFN5O3/c25-16-5-10-21(22(15-16)31(33)34)28-11-13-29(14-12-28)24(32)23-19-3-1-2-4-20(19)30(27-23)18-8-6-17(26)7-9-18/h5-10,15H,1-4,11-14H2. The van der Waals surface area contributed by atoms with Crippen LogP contribution in [0.2, 0.25) is 5.02 Å². The molecule has 0 atom stereocenters. The molecule has 1 amide bonds. The van der Waals surface area contributed by atoms with E-state index in [1.54, 1.807) is 33.8 Å². The normalized spacial score (nSPS) is 15.8. The van der Waals surface area contributed by atoms with E-state index in [2.05, 4.69) is 5.10 Å². The summed E-state index contributed by atoms with van der Waals surface area (Å²) in [4.78, 5) is 28.2. The summed E-state index contributed by atoms with van der Waals surface area (Å²) in [6.07, 6.45) is 3.62. The van der Waals surface area contributed by atoms with Crippen LogP contribution in [-0.4, -0.2) is 51.7 Å². The highest BCUT2D eigenvalue weighted by Crippen LogP contribution is 2.32. The lowest BCUT2D eigenvalue weighted by Crippen LogP contribution is -2.49. The third-order valence-corrected chi connectivity index (χ3v) is 6.73. The molecule has 34 heavy (non-hydrogen) atoms. The number of piperazine rings is 1. The first-order chi connectivity index (χ1) is 16.4. The Morgan fingerprint density at radius 1 is 1.03 bits per heavy atom. The number of rotatable bonds is 4. The smallest absolute Gasteiger partial charge is 0.294 e. The number of hydrogen-bond acceptors (Lipinski definition) is 5. The maximum atomic E-state index is 13.5. The molecule has 5 rings (SSSR count). The van der Waals surface area contributed by atoms with Gasteiger partial charge in [0.05, 0.1) is 10.6 Å². The number of benzene rings is 2. The van der Waals surface area contributed by atoms with Crippen LogP contribution in [0.5, 0.6) is 0 Å². The minimum Gasteiger partial charge on any atom is -0.362 e. The molecule has 1 saturated heterocycles. The molecule has 1 aliphatic carbocycles. The van der Waals surface area contributed by atoms with Crippen LogP contribution in [0.25, 0.3) is 5.69 Å². The number of fused-ring (bicyclic) bond motifs is 1. The molecule has 1 aromatic heterocycles. The van der Waals surface area contributed by atoms with Crippen LogP contribution in [0, 0.1) is 15.9 Å². The van der Waals surface area contributed by atoms with E-state index < -0.39 is 4.92 Å². The fourth-order valence-corrected chi connectivity index (χ4v) is 4.94. The number of carbonyl (C=O) groups is 1. The van der Waals surface area contributed by atoms with Gasteiger partial charge in [-0.25, -0.2) is 9.07 Å². The molecule has 2 aromatic carbocycles. The van der Waals surface area contributed by atoms with Crippen LogP contribution >= 0.6 is 11.6 Å². The summed E-state index contributed by atoms with van der Waals surface area (Å²) >= 11 is 5.94. The summed E-state index contributed by atoms with van der Waals surface area (Å²) in [6, 6.07) is 10.8. The van der Waals surface area contributed by atoms with E-state index >= 15 is 0 Å².